The number of rotatable bonds is 1. The van der Waals surface area contributed by atoms with Crippen molar-refractivity contribution in [1.29, 1.82) is 0 Å². The average molecular weight is 100 g/mol. The van der Waals surface area contributed by atoms with Crippen LogP contribution in [-0.2, 0) is 0 Å². The molecule has 0 saturated carbocycles. The molecule has 1 aliphatic heterocycles. The average Bonchev–Trinajstić information content (AvgIpc) is 2.14. The molecule has 0 N–H and O–H groups in total. The van der Waals surface area contributed by atoms with Crippen LogP contribution in [0.1, 0.15) is 0 Å². The van der Waals surface area contributed by atoms with Gasteiger partial charge in [-0.3, -0.25) is 4.99 Å². The standard InChI is InChI=1S/C4H5FN2/c5-3-7-2-1-6-4-7/h2H,1,3H2. The van der Waals surface area contributed by atoms with Gasteiger partial charge in [-0.1, -0.05) is 0 Å². The lowest BCUT2D eigenvalue weighted by Gasteiger charge is -2.02. The van der Waals surface area contributed by atoms with Crippen LogP contribution in [0.3, 0.4) is 0 Å². The van der Waals surface area contributed by atoms with E-state index in [0.29, 0.717) is 6.54 Å². The van der Waals surface area contributed by atoms with Crippen molar-refractivity contribution in [2.75, 3.05) is 13.3 Å². The molecule has 0 bridgehead atoms. The van der Waals surface area contributed by atoms with E-state index in [9.17, 15) is 4.39 Å². The van der Waals surface area contributed by atoms with E-state index in [2.05, 4.69) is 11.3 Å². The lowest BCUT2D eigenvalue weighted by molar-refractivity contribution is 0.336. The van der Waals surface area contributed by atoms with Gasteiger partial charge in [0, 0.05) is 0 Å². The van der Waals surface area contributed by atoms with Gasteiger partial charge in [-0.05, 0) is 0 Å². The second-order valence-corrected chi connectivity index (χ2v) is 1.21. The van der Waals surface area contributed by atoms with Gasteiger partial charge in [-0.2, -0.15) is 0 Å². The van der Waals surface area contributed by atoms with Crippen LogP contribution < -0.4 is 0 Å². The normalized spacial score (nSPS) is 18.7. The van der Waals surface area contributed by atoms with Crippen LogP contribution >= 0.6 is 0 Å². The van der Waals surface area contributed by atoms with Crippen LogP contribution in [-0.4, -0.2) is 24.6 Å². The summed E-state index contributed by atoms with van der Waals surface area (Å²) in [5, 5.41) is 0. The number of nitrogens with zero attached hydrogens (tertiary/aromatic N) is 2. The first-order chi connectivity index (χ1) is 3.43. The van der Waals surface area contributed by atoms with Crippen LogP contribution in [0, 0.1) is 6.54 Å². The van der Waals surface area contributed by atoms with Gasteiger partial charge >= 0.3 is 0 Å². The third kappa shape index (κ3) is 0.885. The number of halogens is 1. The highest BCUT2D eigenvalue weighted by Crippen LogP contribution is 1.96. The smallest absolute Gasteiger partial charge is 0.169 e. The fourth-order valence-electron chi connectivity index (χ4n) is 0.387. The summed E-state index contributed by atoms with van der Waals surface area (Å²) in [6, 6.07) is 0. The molecular weight excluding hydrogens is 95.1 g/mol. The Hall–Kier alpha value is -0.600. The van der Waals surface area contributed by atoms with E-state index in [0.717, 1.165) is 0 Å². The Morgan fingerprint density at radius 1 is 2.00 bits per heavy atom. The summed E-state index contributed by atoms with van der Waals surface area (Å²) >= 11 is 0. The molecule has 7 heavy (non-hydrogen) atoms. The Bertz CT molecular complexity index is 81.8. The van der Waals surface area contributed by atoms with Crippen LogP contribution in [0.25, 0.3) is 0 Å². The zero-order valence-electron chi connectivity index (χ0n) is 3.76. The van der Waals surface area contributed by atoms with Crippen molar-refractivity contribution in [3.05, 3.63) is 6.54 Å². The van der Waals surface area contributed by atoms with Gasteiger partial charge in [0.05, 0.1) is 13.1 Å². The van der Waals surface area contributed by atoms with Gasteiger partial charge in [-0.15, -0.1) is 0 Å². The number of hydrogen-bond acceptors (Lipinski definition) is 2. The van der Waals surface area contributed by atoms with Crippen LogP contribution in [0.4, 0.5) is 4.39 Å². The summed E-state index contributed by atoms with van der Waals surface area (Å²) in [4.78, 5) is 4.89. The Labute approximate surface area is 41.6 Å². The number of alkyl halides is 1. The predicted molar refractivity (Wildman–Crippen MR) is 24.4 cm³/mol. The van der Waals surface area contributed by atoms with E-state index in [1.165, 1.54) is 4.90 Å². The lowest BCUT2D eigenvalue weighted by Crippen LogP contribution is -2.12. The molecule has 0 spiro atoms. The molecule has 0 unspecified atom stereocenters. The molecule has 1 aliphatic rings. The van der Waals surface area contributed by atoms with E-state index in [1.807, 2.05) is 0 Å². The maximum Gasteiger partial charge on any atom is 0.169 e. The fourth-order valence-corrected chi connectivity index (χ4v) is 0.387. The zero-order valence-corrected chi connectivity index (χ0v) is 3.76. The van der Waals surface area contributed by atoms with Gasteiger partial charge in [0.15, 0.2) is 13.1 Å². The molecule has 0 fully saturated rings. The van der Waals surface area contributed by atoms with Crippen LogP contribution in [0.5, 0.6) is 0 Å². The van der Waals surface area contributed by atoms with E-state index in [-0.39, 0.29) is 0 Å². The third-order valence-corrected chi connectivity index (χ3v) is 0.721. The van der Waals surface area contributed by atoms with Gasteiger partial charge in [0.2, 0.25) is 0 Å². The van der Waals surface area contributed by atoms with Crippen molar-refractivity contribution in [1.82, 2.24) is 4.90 Å². The lowest BCUT2D eigenvalue weighted by atomic mass is 10.6. The minimum Gasteiger partial charge on any atom is -0.319 e. The Morgan fingerprint density at radius 2 is 2.86 bits per heavy atom. The van der Waals surface area contributed by atoms with Crippen molar-refractivity contribution in [3.8, 4) is 0 Å². The Balaban J connectivity index is 2.28. The van der Waals surface area contributed by atoms with Gasteiger partial charge in [0.25, 0.3) is 0 Å². The molecule has 2 nitrogen and oxygen atoms in total. The van der Waals surface area contributed by atoms with Crippen molar-refractivity contribution in [2.24, 2.45) is 4.99 Å². The Kier molecular flexibility index (Phi) is 1.24. The summed E-state index contributed by atoms with van der Waals surface area (Å²) in [7, 11) is 0. The van der Waals surface area contributed by atoms with Crippen molar-refractivity contribution >= 4 is 6.34 Å². The highest BCUT2D eigenvalue weighted by molar-refractivity contribution is 5.58. The molecule has 0 atom stereocenters. The summed E-state index contributed by atoms with van der Waals surface area (Å²) in [6.45, 7) is 1.70. The molecule has 0 aromatic heterocycles. The maximum absolute atomic E-state index is 11.5. The molecule has 2 radical (unpaired) electrons. The SMILES string of the molecule is FCN1[C]=NC[CH]1. The molecule has 0 aromatic carbocycles. The summed E-state index contributed by atoms with van der Waals surface area (Å²) < 4.78 is 11.5. The van der Waals surface area contributed by atoms with Crippen LogP contribution in [0.15, 0.2) is 4.99 Å². The first kappa shape index (κ1) is 4.56. The fraction of sp³-hybridized carbons (Fsp3) is 0.500. The van der Waals surface area contributed by atoms with Gasteiger partial charge in [0.1, 0.15) is 0 Å². The highest BCUT2D eigenvalue weighted by Gasteiger charge is 2.03. The molecule has 38 valence electrons. The highest BCUT2D eigenvalue weighted by atomic mass is 19.1. The molecular formula is C4H5FN2. The number of aliphatic imine (C=N–C) groups is 1. The second-order valence-electron chi connectivity index (χ2n) is 1.21. The van der Waals surface area contributed by atoms with Gasteiger partial charge < -0.3 is 4.90 Å². The summed E-state index contributed by atoms with van der Waals surface area (Å²) in [5.74, 6) is 0. The molecule has 0 saturated heterocycles. The van der Waals surface area contributed by atoms with E-state index < -0.39 is 6.80 Å². The first-order valence-corrected chi connectivity index (χ1v) is 2.01. The third-order valence-electron chi connectivity index (χ3n) is 0.721. The van der Waals surface area contributed by atoms with Crippen LogP contribution in [0.2, 0.25) is 0 Å². The predicted octanol–water partition coefficient (Wildman–Crippen LogP) is 0.296. The minimum absolute atomic E-state index is 0.510. The minimum atomic E-state index is -0.510. The van der Waals surface area contributed by atoms with E-state index in [1.54, 1.807) is 6.54 Å². The second kappa shape index (κ2) is 1.91. The summed E-state index contributed by atoms with van der Waals surface area (Å²) in [6.07, 6.45) is 2.43. The van der Waals surface area contributed by atoms with E-state index >= 15 is 0 Å². The van der Waals surface area contributed by atoms with Gasteiger partial charge in [-0.25, -0.2) is 4.39 Å². The molecule has 0 aromatic rings. The molecule has 3 heteroatoms. The van der Waals surface area contributed by atoms with Crippen molar-refractivity contribution < 1.29 is 4.39 Å². The summed E-state index contributed by atoms with van der Waals surface area (Å²) in [5.41, 5.74) is 0. The molecule has 0 amide bonds. The largest absolute Gasteiger partial charge is 0.319 e. The first-order valence-electron chi connectivity index (χ1n) is 2.01. The molecule has 0 aliphatic carbocycles. The maximum atomic E-state index is 11.5. The van der Waals surface area contributed by atoms with Crippen molar-refractivity contribution in [3.63, 3.8) is 0 Å². The molecule has 1 rings (SSSR count). The Morgan fingerprint density at radius 3 is 3.14 bits per heavy atom. The number of hydrogen-bond donors (Lipinski definition) is 0. The topological polar surface area (TPSA) is 15.6 Å². The quantitative estimate of drug-likeness (QED) is 0.432. The van der Waals surface area contributed by atoms with E-state index in [4.69, 9.17) is 0 Å². The van der Waals surface area contributed by atoms with Crippen molar-refractivity contribution in [2.45, 2.75) is 0 Å². The monoisotopic (exact) mass is 100 g/mol. The molecule has 1 heterocycles. The zero-order chi connectivity index (χ0) is 5.11.